The highest BCUT2D eigenvalue weighted by Crippen LogP contribution is 1.95. The van der Waals surface area contributed by atoms with Gasteiger partial charge in [-0.1, -0.05) is 6.92 Å². The van der Waals surface area contributed by atoms with Crippen molar-refractivity contribution in [1.29, 1.82) is 5.41 Å². The molecule has 0 aliphatic carbocycles. The molecule has 90 valence electrons. The molecule has 4 nitrogen and oxygen atoms in total. The zero-order chi connectivity index (χ0) is 11.5. The van der Waals surface area contributed by atoms with E-state index >= 15 is 0 Å². The standard InChI is InChI=1S/C11H24N2O2/c1-4-11(12)13(7-9-14-5-2)8-10-15-6-3/h12H,4-10H2,1-3H3. The predicted molar refractivity (Wildman–Crippen MR) is 62.6 cm³/mol. The van der Waals surface area contributed by atoms with Gasteiger partial charge in [0, 0.05) is 32.7 Å². The average molecular weight is 216 g/mol. The second-order valence-corrected chi connectivity index (χ2v) is 3.18. The first kappa shape index (κ1) is 14.4. The molecule has 0 aromatic carbocycles. The first-order valence-corrected chi connectivity index (χ1v) is 5.74. The highest BCUT2D eigenvalue weighted by Gasteiger charge is 2.07. The highest BCUT2D eigenvalue weighted by molar-refractivity contribution is 5.78. The monoisotopic (exact) mass is 216 g/mol. The number of nitrogens with zero attached hydrogens (tertiary/aromatic N) is 1. The Hall–Kier alpha value is -0.610. The number of amidine groups is 1. The van der Waals surface area contributed by atoms with Crippen LogP contribution in [0.5, 0.6) is 0 Å². The molecule has 0 saturated carbocycles. The molecule has 15 heavy (non-hydrogen) atoms. The Kier molecular flexibility index (Phi) is 9.52. The number of nitrogens with one attached hydrogen (secondary N) is 1. The van der Waals surface area contributed by atoms with E-state index in [0.717, 1.165) is 32.7 Å². The van der Waals surface area contributed by atoms with Crippen LogP contribution in [0, 0.1) is 5.41 Å². The summed E-state index contributed by atoms with van der Waals surface area (Å²) in [6.07, 6.45) is 0.762. The van der Waals surface area contributed by atoms with Crippen molar-refractivity contribution in [2.75, 3.05) is 39.5 Å². The third-order valence-electron chi connectivity index (χ3n) is 2.14. The third-order valence-corrected chi connectivity index (χ3v) is 2.14. The molecular formula is C11H24N2O2. The minimum absolute atomic E-state index is 0.661. The van der Waals surface area contributed by atoms with Crippen LogP contribution in [0.2, 0.25) is 0 Å². The van der Waals surface area contributed by atoms with Gasteiger partial charge in [-0.05, 0) is 13.8 Å². The summed E-state index contributed by atoms with van der Waals surface area (Å²) in [5.74, 6) is 0.661. The predicted octanol–water partition coefficient (Wildman–Crippen LogP) is 1.75. The third kappa shape index (κ3) is 7.33. The minimum Gasteiger partial charge on any atom is -0.380 e. The Morgan fingerprint density at radius 1 is 1.00 bits per heavy atom. The average Bonchev–Trinajstić information content (AvgIpc) is 2.26. The summed E-state index contributed by atoms with van der Waals surface area (Å²) in [4.78, 5) is 2.02. The number of hydrogen-bond donors (Lipinski definition) is 1. The van der Waals surface area contributed by atoms with Crippen LogP contribution in [0.25, 0.3) is 0 Å². The first-order chi connectivity index (χ1) is 7.26. The van der Waals surface area contributed by atoms with Gasteiger partial charge in [-0.25, -0.2) is 0 Å². The molecule has 0 saturated heterocycles. The molecule has 0 aromatic heterocycles. The summed E-state index contributed by atoms with van der Waals surface area (Å²) in [7, 11) is 0. The lowest BCUT2D eigenvalue weighted by molar-refractivity contribution is 0.106. The van der Waals surface area contributed by atoms with E-state index in [1.165, 1.54) is 0 Å². The van der Waals surface area contributed by atoms with Gasteiger partial charge in [-0.15, -0.1) is 0 Å². The molecular weight excluding hydrogens is 192 g/mol. The van der Waals surface area contributed by atoms with E-state index in [0.29, 0.717) is 19.0 Å². The van der Waals surface area contributed by atoms with E-state index in [9.17, 15) is 0 Å². The molecule has 0 unspecified atom stereocenters. The van der Waals surface area contributed by atoms with Crippen molar-refractivity contribution < 1.29 is 9.47 Å². The van der Waals surface area contributed by atoms with Crippen LogP contribution >= 0.6 is 0 Å². The van der Waals surface area contributed by atoms with Gasteiger partial charge in [0.1, 0.15) is 0 Å². The van der Waals surface area contributed by atoms with Crippen LogP contribution in [0.4, 0.5) is 0 Å². The Balaban J connectivity index is 3.79. The molecule has 0 amide bonds. The fraction of sp³-hybridized carbons (Fsp3) is 0.909. The molecule has 0 aliphatic heterocycles. The van der Waals surface area contributed by atoms with Gasteiger partial charge in [0.2, 0.25) is 0 Å². The summed E-state index contributed by atoms with van der Waals surface area (Å²) < 4.78 is 10.6. The lowest BCUT2D eigenvalue weighted by Crippen LogP contribution is -2.35. The molecule has 0 atom stereocenters. The van der Waals surface area contributed by atoms with Crippen molar-refractivity contribution in [2.45, 2.75) is 27.2 Å². The van der Waals surface area contributed by atoms with Gasteiger partial charge < -0.3 is 14.4 Å². The van der Waals surface area contributed by atoms with Crippen molar-refractivity contribution in [3.05, 3.63) is 0 Å². The second kappa shape index (κ2) is 9.93. The van der Waals surface area contributed by atoms with E-state index in [4.69, 9.17) is 14.9 Å². The van der Waals surface area contributed by atoms with Crippen molar-refractivity contribution in [1.82, 2.24) is 4.90 Å². The molecule has 0 heterocycles. The molecule has 0 aromatic rings. The first-order valence-electron chi connectivity index (χ1n) is 5.74. The van der Waals surface area contributed by atoms with Crippen LogP contribution in [-0.2, 0) is 9.47 Å². The molecule has 0 spiro atoms. The van der Waals surface area contributed by atoms with Crippen molar-refractivity contribution in [2.24, 2.45) is 0 Å². The summed E-state index contributed by atoms with van der Waals surface area (Å²) in [6.45, 7) is 10.4. The second-order valence-electron chi connectivity index (χ2n) is 3.18. The summed E-state index contributed by atoms with van der Waals surface area (Å²) in [5, 5.41) is 7.78. The zero-order valence-corrected chi connectivity index (χ0v) is 10.2. The van der Waals surface area contributed by atoms with Crippen LogP contribution in [0.1, 0.15) is 27.2 Å². The highest BCUT2D eigenvalue weighted by atomic mass is 16.5. The fourth-order valence-corrected chi connectivity index (χ4v) is 1.24. The van der Waals surface area contributed by atoms with E-state index in [-0.39, 0.29) is 0 Å². The van der Waals surface area contributed by atoms with E-state index in [1.54, 1.807) is 0 Å². The number of hydrogen-bond acceptors (Lipinski definition) is 3. The quantitative estimate of drug-likeness (QED) is 0.363. The summed E-state index contributed by atoms with van der Waals surface area (Å²) in [5.41, 5.74) is 0. The molecule has 0 fully saturated rings. The van der Waals surface area contributed by atoms with E-state index in [1.807, 2.05) is 25.7 Å². The number of rotatable bonds is 9. The molecule has 0 aliphatic rings. The normalized spacial score (nSPS) is 10.3. The molecule has 0 rings (SSSR count). The zero-order valence-electron chi connectivity index (χ0n) is 10.2. The summed E-state index contributed by atoms with van der Waals surface area (Å²) in [6, 6.07) is 0. The number of ether oxygens (including phenoxy) is 2. The maximum atomic E-state index is 7.78. The van der Waals surface area contributed by atoms with Gasteiger partial charge in [0.15, 0.2) is 0 Å². The van der Waals surface area contributed by atoms with Crippen molar-refractivity contribution in [3.8, 4) is 0 Å². The maximum Gasteiger partial charge on any atom is 0.0956 e. The van der Waals surface area contributed by atoms with Crippen molar-refractivity contribution >= 4 is 5.84 Å². The van der Waals surface area contributed by atoms with Crippen LogP contribution in [0.3, 0.4) is 0 Å². The van der Waals surface area contributed by atoms with Crippen molar-refractivity contribution in [3.63, 3.8) is 0 Å². The lowest BCUT2D eigenvalue weighted by Gasteiger charge is -2.24. The smallest absolute Gasteiger partial charge is 0.0956 e. The molecule has 0 radical (unpaired) electrons. The van der Waals surface area contributed by atoms with Gasteiger partial charge in [0.05, 0.1) is 19.0 Å². The van der Waals surface area contributed by atoms with Gasteiger partial charge in [-0.3, -0.25) is 5.41 Å². The van der Waals surface area contributed by atoms with Crippen LogP contribution in [-0.4, -0.2) is 50.3 Å². The largest absolute Gasteiger partial charge is 0.380 e. The Morgan fingerprint density at radius 3 is 1.80 bits per heavy atom. The summed E-state index contributed by atoms with van der Waals surface area (Å²) >= 11 is 0. The molecule has 1 N–H and O–H groups in total. The topological polar surface area (TPSA) is 45.6 Å². The Morgan fingerprint density at radius 2 is 1.47 bits per heavy atom. The van der Waals surface area contributed by atoms with Gasteiger partial charge in [-0.2, -0.15) is 0 Å². The molecule has 4 heteroatoms. The van der Waals surface area contributed by atoms with Crippen LogP contribution in [0.15, 0.2) is 0 Å². The van der Waals surface area contributed by atoms with Gasteiger partial charge >= 0.3 is 0 Å². The van der Waals surface area contributed by atoms with E-state index in [2.05, 4.69) is 0 Å². The Labute approximate surface area is 93.1 Å². The van der Waals surface area contributed by atoms with E-state index < -0.39 is 0 Å². The fourth-order valence-electron chi connectivity index (χ4n) is 1.24. The van der Waals surface area contributed by atoms with Gasteiger partial charge in [0.25, 0.3) is 0 Å². The maximum absolute atomic E-state index is 7.78. The molecule has 0 bridgehead atoms. The lowest BCUT2D eigenvalue weighted by atomic mass is 10.3. The van der Waals surface area contributed by atoms with Crippen LogP contribution < -0.4 is 0 Å². The SMILES string of the molecule is CCOCCN(CCOCC)C(=N)CC. The Bertz CT molecular complexity index is 153. The minimum atomic E-state index is 0.661.